The Morgan fingerprint density at radius 3 is 2.61 bits per heavy atom. The second kappa shape index (κ2) is 11.5. The van der Waals surface area contributed by atoms with Gasteiger partial charge in [0.05, 0.1) is 0 Å². The fourth-order valence-corrected chi connectivity index (χ4v) is 3.32. The fourth-order valence-electron chi connectivity index (χ4n) is 3.16. The SMILES string of the molecule is Cc1cccc(NC(=S)NNC(=O)CCCNC(=O)NC2CCCCC2)c1C. The van der Waals surface area contributed by atoms with Crippen LogP contribution in [0.15, 0.2) is 18.2 Å². The van der Waals surface area contributed by atoms with E-state index in [1.807, 2.05) is 32.0 Å². The standard InChI is InChI=1S/C20H31N5O2S/c1-14-8-6-11-17(15(14)2)23-20(28)25-24-18(26)12-7-13-21-19(27)22-16-9-4-3-5-10-16/h6,8,11,16H,3-5,7,9-10,12-13H2,1-2H3,(H,24,26)(H2,21,22,27)(H2,23,25,28). The number of urea groups is 1. The summed E-state index contributed by atoms with van der Waals surface area (Å²) in [5.41, 5.74) is 8.45. The summed E-state index contributed by atoms with van der Waals surface area (Å²) in [6.07, 6.45) is 6.57. The quantitative estimate of drug-likeness (QED) is 0.285. The summed E-state index contributed by atoms with van der Waals surface area (Å²) < 4.78 is 0. The first-order chi connectivity index (χ1) is 13.5. The number of nitrogens with one attached hydrogen (secondary N) is 5. The van der Waals surface area contributed by atoms with Gasteiger partial charge in [-0.2, -0.15) is 0 Å². The van der Waals surface area contributed by atoms with Crippen LogP contribution < -0.4 is 26.8 Å². The lowest BCUT2D eigenvalue weighted by molar-refractivity contribution is -0.121. The zero-order chi connectivity index (χ0) is 20.4. The van der Waals surface area contributed by atoms with Gasteiger partial charge in [0.15, 0.2) is 5.11 Å². The van der Waals surface area contributed by atoms with Crippen LogP contribution in [0.25, 0.3) is 0 Å². The largest absolute Gasteiger partial charge is 0.338 e. The Balaban J connectivity index is 1.56. The van der Waals surface area contributed by atoms with Gasteiger partial charge in [-0.05, 0) is 62.5 Å². The van der Waals surface area contributed by atoms with Crippen molar-refractivity contribution in [2.24, 2.45) is 0 Å². The van der Waals surface area contributed by atoms with Crippen molar-refractivity contribution in [1.29, 1.82) is 0 Å². The second-order valence-corrected chi connectivity index (χ2v) is 7.62. The van der Waals surface area contributed by atoms with E-state index >= 15 is 0 Å². The molecule has 0 aliphatic heterocycles. The highest BCUT2D eigenvalue weighted by Crippen LogP contribution is 2.18. The number of thiocarbonyl (C=S) groups is 1. The van der Waals surface area contributed by atoms with E-state index in [0.29, 0.717) is 24.5 Å². The summed E-state index contributed by atoms with van der Waals surface area (Å²) in [6, 6.07) is 6.05. The van der Waals surface area contributed by atoms with Crippen LogP contribution >= 0.6 is 12.2 Å². The number of hydrogen-bond acceptors (Lipinski definition) is 3. The number of aryl methyl sites for hydroxylation is 1. The highest BCUT2D eigenvalue weighted by molar-refractivity contribution is 7.80. The molecule has 28 heavy (non-hydrogen) atoms. The topological polar surface area (TPSA) is 94.3 Å². The Morgan fingerprint density at radius 2 is 1.86 bits per heavy atom. The number of hydrogen-bond donors (Lipinski definition) is 5. The van der Waals surface area contributed by atoms with Gasteiger partial charge in [0.25, 0.3) is 0 Å². The molecule has 1 aromatic rings. The zero-order valence-corrected chi connectivity index (χ0v) is 17.5. The molecule has 2 rings (SSSR count). The average molecular weight is 406 g/mol. The molecule has 3 amide bonds. The van der Waals surface area contributed by atoms with Gasteiger partial charge in [0.1, 0.15) is 0 Å². The van der Waals surface area contributed by atoms with Crippen LogP contribution in [0.1, 0.15) is 56.1 Å². The van der Waals surface area contributed by atoms with E-state index < -0.39 is 0 Å². The number of hydrazine groups is 1. The Labute approximate surface area is 172 Å². The van der Waals surface area contributed by atoms with Gasteiger partial charge in [-0.25, -0.2) is 4.79 Å². The van der Waals surface area contributed by atoms with Gasteiger partial charge < -0.3 is 16.0 Å². The van der Waals surface area contributed by atoms with E-state index in [1.54, 1.807) is 0 Å². The molecule has 0 radical (unpaired) electrons. The molecule has 1 fully saturated rings. The molecular weight excluding hydrogens is 374 g/mol. The predicted octanol–water partition coefficient (Wildman–Crippen LogP) is 3.03. The molecular formula is C20H31N5O2S. The molecule has 0 aromatic heterocycles. The molecule has 0 bridgehead atoms. The molecule has 1 saturated carbocycles. The van der Waals surface area contributed by atoms with E-state index in [-0.39, 0.29) is 18.0 Å². The van der Waals surface area contributed by atoms with Crippen molar-refractivity contribution in [3.05, 3.63) is 29.3 Å². The first-order valence-electron chi connectivity index (χ1n) is 9.92. The van der Waals surface area contributed by atoms with E-state index in [0.717, 1.165) is 29.7 Å². The maximum Gasteiger partial charge on any atom is 0.315 e. The fraction of sp³-hybridized carbons (Fsp3) is 0.550. The molecule has 0 saturated heterocycles. The maximum absolute atomic E-state index is 11.9. The number of amides is 3. The maximum atomic E-state index is 11.9. The molecule has 1 aliphatic rings. The molecule has 154 valence electrons. The van der Waals surface area contributed by atoms with Crippen LogP contribution in [0.2, 0.25) is 0 Å². The third kappa shape index (κ3) is 7.72. The summed E-state index contributed by atoms with van der Waals surface area (Å²) in [5, 5.41) is 9.19. The average Bonchev–Trinajstić information content (AvgIpc) is 2.68. The highest BCUT2D eigenvalue weighted by Gasteiger charge is 2.15. The van der Waals surface area contributed by atoms with Crippen LogP contribution in [-0.2, 0) is 4.79 Å². The van der Waals surface area contributed by atoms with Gasteiger partial charge in [-0.3, -0.25) is 15.6 Å². The van der Waals surface area contributed by atoms with Crippen molar-refractivity contribution in [2.75, 3.05) is 11.9 Å². The van der Waals surface area contributed by atoms with E-state index in [4.69, 9.17) is 12.2 Å². The lowest BCUT2D eigenvalue weighted by Crippen LogP contribution is -2.44. The van der Waals surface area contributed by atoms with Crippen LogP contribution in [0.5, 0.6) is 0 Å². The molecule has 7 nitrogen and oxygen atoms in total. The molecule has 1 aromatic carbocycles. The number of carbonyl (C=O) groups is 2. The summed E-state index contributed by atoms with van der Waals surface area (Å²) in [6.45, 7) is 4.50. The smallest absolute Gasteiger partial charge is 0.315 e. The van der Waals surface area contributed by atoms with Crippen molar-refractivity contribution in [1.82, 2.24) is 21.5 Å². The van der Waals surface area contributed by atoms with Crippen LogP contribution in [0, 0.1) is 13.8 Å². The molecule has 0 heterocycles. The lowest BCUT2D eigenvalue weighted by atomic mass is 9.96. The third-order valence-corrected chi connectivity index (χ3v) is 5.18. The summed E-state index contributed by atoms with van der Waals surface area (Å²) in [4.78, 5) is 23.7. The van der Waals surface area contributed by atoms with Gasteiger partial charge >= 0.3 is 6.03 Å². The minimum absolute atomic E-state index is 0.149. The highest BCUT2D eigenvalue weighted by atomic mass is 32.1. The predicted molar refractivity (Wildman–Crippen MR) is 116 cm³/mol. The Hall–Kier alpha value is -2.35. The van der Waals surface area contributed by atoms with E-state index in [9.17, 15) is 9.59 Å². The van der Waals surface area contributed by atoms with Gasteiger partial charge in [-0.1, -0.05) is 31.4 Å². The molecule has 8 heteroatoms. The summed E-state index contributed by atoms with van der Waals surface area (Å²) in [7, 11) is 0. The third-order valence-electron chi connectivity index (χ3n) is 4.97. The number of rotatable bonds is 6. The van der Waals surface area contributed by atoms with E-state index in [1.165, 1.54) is 19.3 Å². The van der Waals surface area contributed by atoms with Crippen LogP contribution in [-0.4, -0.2) is 29.6 Å². The van der Waals surface area contributed by atoms with Gasteiger partial charge in [0.2, 0.25) is 5.91 Å². The molecule has 0 spiro atoms. The van der Waals surface area contributed by atoms with Gasteiger partial charge in [-0.15, -0.1) is 0 Å². The molecule has 5 N–H and O–H groups in total. The minimum atomic E-state index is -0.181. The second-order valence-electron chi connectivity index (χ2n) is 7.21. The summed E-state index contributed by atoms with van der Waals surface area (Å²) >= 11 is 5.20. The van der Waals surface area contributed by atoms with Crippen molar-refractivity contribution in [2.45, 2.75) is 64.8 Å². The normalized spacial score (nSPS) is 14.1. The number of benzene rings is 1. The first-order valence-corrected chi connectivity index (χ1v) is 10.3. The lowest BCUT2D eigenvalue weighted by Gasteiger charge is -2.22. The van der Waals surface area contributed by atoms with E-state index in [2.05, 4.69) is 26.8 Å². The van der Waals surface area contributed by atoms with Crippen molar-refractivity contribution in [3.8, 4) is 0 Å². The molecule has 0 atom stereocenters. The van der Waals surface area contributed by atoms with Crippen molar-refractivity contribution >= 4 is 35.0 Å². The van der Waals surface area contributed by atoms with Crippen LogP contribution in [0.4, 0.5) is 10.5 Å². The number of anilines is 1. The first kappa shape index (κ1) is 21.9. The summed E-state index contributed by atoms with van der Waals surface area (Å²) in [5.74, 6) is -0.181. The molecule has 1 aliphatic carbocycles. The Bertz CT molecular complexity index is 689. The zero-order valence-electron chi connectivity index (χ0n) is 16.7. The van der Waals surface area contributed by atoms with Crippen LogP contribution in [0.3, 0.4) is 0 Å². The molecule has 0 unspecified atom stereocenters. The minimum Gasteiger partial charge on any atom is -0.338 e. The Kier molecular flexibility index (Phi) is 9.00. The van der Waals surface area contributed by atoms with Gasteiger partial charge in [0, 0.05) is 24.7 Å². The van der Waals surface area contributed by atoms with Crippen molar-refractivity contribution in [3.63, 3.8) is 0 Å². The number of carbonyl (C=O) groups excluding carboxylic acids is 2. The van der Waals surface area contributed by atoms with Crippen molar-refractivity contribution < 1.29 is 9.59 Å². The Morgan fingerprint density at radius 1 is 1.11 bits per heavy atom. The monoisotopic (exact) mass is 405 g/mol.